The molecule has 1 rings (SSSR count). The third-order valence-corrected chi connectivity index (χ3v) is 1.83. The highest BCUT2D eigenvalue weighted by molar-refractivity contribution is 5.88. The second kappa shape index (κ2) is 4.06. The van der Waals surface area contributed by atoms with Gasteiger partial charge in [0, 0.05) is 5.69 Å². The van der Waals surface area contributed by atoms with Crippen molar-refractivity contribution in [2.24, 2.45) is 5.84 Å². The first-order valence-corrected chi connectivity index (χ1v) is 4.26. The first kappa shape index (κ1) is 10.5. The molecule has 4 N–H and O–H groups in total. The van der Waals surface area contributed by atoms with Crippen LogP contribution in [-0.4, -0.2) is 16.1 Å². The van der Waals surface area contributed by atoms with Crippen LogP contribution in [0.2, 0.25) is 0 Å². The normalized spacial score (nSPS) is 10.3. The molecule has 0 saturated carbocycles. The number of nitrogens with zero attached hydrogens (tertiary/aromatic N) is 1. The third-order valence-electron chi connectivity index (χ3n) is 1.83. The quantitative estimate of drug-likeness (QED) is 0.498. The predicted molar refractivity (Wildman–Crippen MR) is 53.1 cm³/mol. The number of carboxylic acids is 1. The van der Waals surface area contributed by atoms with Gasteiger partial charge in [-0.2, -0.15) is 0 Å². The second-order valence-electron chi connectivity index (χ2n) is 3.27. The van der Waals surface area contributed by atoms with Crippen LogP contribution in [0, 0.1) is 0 Å². The Kier molecular flexibility index (Phi) is 3.03. The number of nitrogens with two attached hydrogens (primary N) is 1. The largest absolute Gasteiger partial charge is 0.478 e. The maximum absolute atomic E-state index is 10.7. The van der Waals surface area contributed by atoms with Crippen molar-refractivity contribution in [1.29, 1.82) is 0 Å². The van der Waals surface area contributed by atoms with E-state index in [1.54, 1.807) is 6.07 Å². The first-order chi connectivity index (χ1) is 6.54. The molecule has 0 bridgehead atoms. The number of hydrogen-bond donors (Lipinski definition) is 3. The highest BCUT2D eigenvalue weighted by Crippen LogP contribution is 2.16. The fourth-order valence-electron chi connectivity index (χ4n) is 1.05. The van der Waals surface area contributed by atoms with Crippen LogP contribution in [0.1, 0.15) is 35.8 Å². The molecule has 5 nitrogen and oxygen atoms in total. The summed E-state index contributed by atoms with van der Waals surface area (Å²) in [6, 6.07) is 2.95. The van der Waals surface area contributed by atoms with E-state index in [0.29, 0.717) is 11.5 Å². The van der Waals surface area contributed by atoms with Crippen LogP contribution in [0.15, 0.2) is 12.1 Å². The van der Waals surface area contributed by atoms with Crippen molar-refractivity contribution in [3.05, 3.63) is 23.4 Å². The molecule has 0 fully saturated rings. The van der Waals surface area contributed by atoms with Gasteiger partial charge in [0.05, 0.1) is 5.56 Å². The average Bonchev–Trinajstić information content (AvgIpc) is 2.16. The van der Waals surface area contributed by atoms with Crippen molar-refractivity contribution < 1.29 is 9.90 Å². The number of anilines is 1. The molecule has 0 aliphatic rings. The minimum absolute atomic E-state index is 0.168. The number of nitrogens with one attached hydrogen (secondary N) is 1. The van der Waals surface area contributed by atoms with Crippen molar-refractivity contribution in [2.45, 2.75) is 19.8 Å². The molecule has 0 radical (unpaired) electrons. The Morgan fingerprint density at radius 1 is 1.57 bits per heavy atom. The number of pyridine rings is 1. The summed E-state index contributed by atoms with van der Waals surface area (Å²) in [5.41, 5.74) is 3.24. The Labute approximate surface area is 81.9 Å². The molecular formula is C9H13N3O2. The van der Waals surface area contributed by atoms with Gasteiger partial charge < -0.3 is 10.5 Å². The molecule has 0 amide bonds. The number of hydrazine groups is 1. The van der Waals surface area contributed by atoms with E-state index in [9.17, 15) is 4.79 Å². The number of aromatic nitrogens is 1. The number of nitrogen functional groups attached to an aromatic ring is 1. The summed E-state index contributed by atoms with van der Waals surface area (Å²) in [6.07, 6.45) is 0. The summed E-state index contributed by atoms with van der Waals surface area (Å²) in [7, 11) is 0. The molecule has 76 valence electrons. The zero-order valence-corrected chi connectivity index (χ0v) is 8.11. The Balaban J connectivity index is 3.20. The molecule has 0 atom stereocenters. The fraction of sp³-hybridized carbons (Fsp3) is 0.333. The monoisotopic (exact) mass is 195 g/mol. The molecule has 1 heterocycles. The molecule has 0 saturated heterocycles. The minimum Gasteiger partial charge on any atom is -0.478 e. The predicted octanol–water partition coefficient (Wildman–Crippen LogP) is 1.19. The van der Waals surface area contributed by atoms with Crippen LogP contribution in [0.3, 0.4) is 0 Å². The lowest BCUT2D eigenvalue weighted by molar-refractivity contribution is 0.0696. The second-order valence-corrected chi connectivity index (χ2v) is 3.27. The van der Waals surface area contributed by atoms with Crippen LogP contribution in [0.25, 0.3) is 0 Å². The Hall–Kier alpha value is -1.62. The summed E-state index contributed by atoms with van der Waals surface area (Å²) < 4.78 is 0. The summed E-state index contributed by atoms with van der Waals surface area (Å²) >= 11 is 0. The van der Waals surface area contributed by atoms with Crippen LogP contribution in [-0.2, 0) is 0 Å². The number of rotatable bonds is 3. The van der Waals surface area contributed by atoms with Gasteiger partial charge in [-0.15, -0.1) is 0 Å². The molecule has 5 heteroatoms. The summed E-state index contributed by atoms with van der Waals surface area (Å²) in [5, 5.41) is 8.81. The van der Waals surface area contributed by atoms with Gasteiger partial charge in [0.2, 0.25) is 0 Å². The molecule has 1 aromatic rings. The highest BCUT2D eigenvalue weighted by atomic mass is 16.4. The van der Waals surface area contributed by atoms with E-state index in [2.05, 4.69) is 10.4 Å². The van der Waals surface area contributed by atoms with Gasteiger partial charge >= 0.3 is 5.97 Å². The van der Waals surface area contributed by atoms with Gasteiger partial charge in [0.1, 0.15) is 5.82 Å². The summed E-state index contributed by atoms with van der Waals surface area (Å²) in [5.74, 6) is 4.74. The van der Waals surface area contributed by atoms with Gasteiger partial charge in [-0.25, -0.2) is 15.6 Å². The number of carbonyl (C=O) groups is 1. The van der Waals surface area contributed by atoms with Crippen molar-refractivity contribution in [1.82, 2.24) is 4.98 Å². The lowest BCUT2D eigenvalue weighted by atomic mass is 10.1. The van der Waals surface area contributed by atoms with Gasteiger partial charge in [-0.3, -0.25) is 0 Å². The van der Waals surface area contributed by atoms with Gasteiger partial charge in [-0.1, -0.05) is 13.8 Å². The van der Waals surface area contributed by atoms with Crippen molar-refractivity contribution in [3.63, 3.8) is 0 Å². The molecule has 1 aromatic heterocycles. The summed E-state index contributed by atoms with van der Waals surface area (Å²) in [4.78, 5) is 14.9. The Morgan fingerprint density at radius 3 is 2.64 bits per heavy atom. The highest BCUT2D eigenvalue weighted by Gasteiger charge is 2.09. The van der Waals surface area contributed by atoms with E-state index in [4.69, 9.17) is 10.9 Å². The summed E-state index contributed by atoms with van der Waals surface area (Å²) in [6.45, 7) is 3.88. The van der Waals surface area contributed by atoms with E-state index in [1.807, 2.05) is 13.8 Å². The lowest BCUT2D eigenvalue weighted by Gasteiger charge is -2.08. The van der Waals surface area contributed by atoms with Crippen molar-refractivity contribution in [3.8, 4) is 0 Å². The molecule has 0 unspecified atom stereocenters. The van der Waals surface area contributed by atoms with E-state index >= 15 is 0 Å². The molecule has 0 aliphatic heterocycles. The maximum Gasteiger partial charge on any atom is 0.335 e. The smallest absolute Gasteiger partial charge is 0.335 e. The molecule has 0 aromatic carbocycles. The lowest BCUT2D eigenvalue weighted by Crippen LogP contribution is -2.11. The topological polar surface area (TPSA) is 88.2 Å². The minimum atomic E-state index is -0.981. The Bertz CT molecular complexity index is 350. The molecule has 0 spiro atoms. The van der Waals surface area contributed by atoms with Gasteiger partial charge in [0.25, 0.3) is 0 Å². The molecule has 0 aliphatic carbocycles. The van der Waals surface area contributed by atoms with Crippen molar-refractivity contribution >= 4 is 11.8 Å². The third kappa shape index (κ3) is 2.20. The number of carboxylic acid groups (broad SMARTS) is 1. The maximum atomic E-state index is 10.7. The molecular weight excluding hydrogens is 182 g/mol. The fourth-order valence-corrected chi connectivity index (χ4v) is 1.05. The average molecular weight is 195 g/mol. The van der Waals surface area contributed by atoms with Crippen LogP contribution < -0.4 is 11.3 Å². The first-order valence-electron chi connectivity index (χ1n) is 4.26. The van der Waals surface area contributed by atoms with E-state index < -0.39 is 5.97 Å². The number of hydrogen-bond acceptors (Lipinski definition) is 4. The van der Waals surface area contributed by atoms with E-state index in [-0.39, 0.29) is 11.5 Å². The SMILES string of the molecule is CC(C)c1cc(C(=O)O)cc(NN)n1. The van der Waals surface area contributed by atoms with Gasteiger partial charge in [-0.05, 0) is 18.1 Å². The van der Waals surface area contributed by atoms with Crippen molar-refractivity contribution in [2.75, 3.05) is 5.43 Å². The molecule has 14 heavy (non-hydrogen) atoms. The zero-order chi connectivity index (χ0) is 10.7. The van der Waals surface area contributed by atoms with Crippen LogP contribution in [0.5, 0.6) is 0 Å². The van der Waals surface area contributed by atoms with E-state index in [0.717, 1.165) is 0 Å². The zero-order valence-electron chi connectivity index (χ0n) is 8.11. The van der Waals surface area contributed by atoms with E-state index in [1.165, 1.54) is 6.07 Å². The Morgan fingerprint density at radius 2 is 2.21 bits per heavy atom. The van der Waals surface area contributed by atoms with Gasteiger partial charge in [0.15, 0.2) is 0 Å². The standard InChI is InChI=1S/C9H13N3O2/c1-5(2)7-3-6(9(13)14)4-8(11-7)12-10/h3-5H,10H2,1-2H3,(H,11,12)(H,13,14). The van der Waals surface area contributed by atoms with Crippen LogP contribution in [0.4, 0.5) is 5.82 Å². The number of aromatic carboxylic acids is 1. The van der Waals surface area contributed by atoms with Crippen LogP contribution >= 0.6 is 0 Å².